The zero-order valence-corrected chi connectivity index (χ0v) is 19.2. The molecule has 2 N–H and O–H groups in total. The van der Waals surface area contributed by atoms with Gasteiger partial charge in [0.2, 0.25) is 0 Å². The van der Waals surface area contributed by atoms with E-state index in [0.29, 0.717) is 40.2 Å². The molecular weight excluding hydrogens is 447 g/mol. The van der Waals surface area contributed by atoms with Gasteiger partial charge in [0, 0.05) is 29.3 Å². The fourth-order valence-electron chi connectivity index (χ4n) is 3.98. The number of carbonyl (C=O) groups is 1. The largest absolute Gasteiger partial charge is 0.385 e. The van der Waals surface area contributed by atoms with Crippen LogP contribution in [0.2, 0.25) is 0 Å². The lowest BCUT2D eigenvalue weighted by Gasteiger charge is -2.14. The molecule has 2 atom stereocenters. The average Bonchev–Trinajstić information content (AvgIpc) is 3.57. The Balaban J connectivity index is 1.49. The van der Waals surface area contributed by atoms with E-state index in [1.54, 1.807) is 31.3 Å². The smallest absolute Gasteiger partial charge is 0.251 e. The van der Waals surface area contributed by atoms with Crippen molar-refractivity contribution in [1.82, 2.24) is 25.5 Å². The van der Waals surface area contributed by atoms with Crippen LogP contribution in [-0.2, 0) is 4.84 Å². The molecule has 0 bridgehead atoms. The van der Waals surface area contributed by atoms with Gasteiger partial charge in [-0.1, -0.05) is 23.4 Å². The standard InChI is InChI=1S/C26H23FN6O2/c1-15-6-7-20(21(27)9-15)17-10-18(23-13-24(35-33-23)22-5-3-4-8-28-22)12-19(11-17)26(34)31-16(2)25-29-14-30-32-25/h3-12,14,16,24H,13H2,1-2H3,(H,31,34)(H,29,30,32). The number of nitrogens with one attached hydrogen (secondary N) is 2. The molecule has 4 aromatic rings. The first-order valence-electron chi connectivity index (χ1n) is 11.2. The summed E-state index contributed by atoms with van der Waals surface area (Å²) in [5, 5.41) is 13.8. The van der Waals surface area contributed by atoms with Crippen LogP contribution >= 0.6 is 0 Å². The van der Waals surface area contributed by atoms with Crippen molar-refractivity contribution in [3.8, 4) is 11.1 Å². The van der Waals surface area contributed by atoms with Gasteiger partial charge in [0.05, 0.1) is 17.4 Å². The lowest BCUT2D eigenvalue weighted by atomic mass is 9.94. The van der Waals surface area contributed by atoms with Crippen molar-refractivity contribution in [1.29, 1.82) is 0 Å². The summed E-state index contributed by atoms with van der Waals surface area (Å²) in [6.07, 6.45) is 3.24. The summed E-state index contributed by atoms with van der Waals surface area (Å²) in [5.41, 5.74) is 4.26. The van der Waals surface area contributed by atoms with E-state index in [0.717, 1.165) is 11.3 Å². The Kier molecular flexibility index (Phi) is 6.05. The summed E-state index contributed by atoms with van der Waals surface area (Å²) in [4.78, 5) is 27.3. The van der Waals surface area contributed by atoms with E-state index in [-0.39, 0.29) is 17.8 Å². The van der Waals surface area contributed by atoms with Gasteiger partial charge in [-0.3, -0.25) is 14.9 Å². The SMILES string of the molecule is Cc1ccc(-c2cc(C(=O)NC(C)c3ncn[nH]3)cc(C3=NOC(c4ccccn4)C3)c2)c(F)c1. The van der Waals surface area contributed by atoms with Gasteiger partial charge in [-0.2, -0.15) is 5.10 Å². The van der Waals surface area contributed by atoms with Crippen LogP contribution in [0.5, 0.6) is 0 Å². The lowest BCUT2D eigenvalue weighted by Crippen LogP contribution is -2.27. The van der Waals surface area contributed by atoms with Gasteiger partial charge < -0.3 is 10.2 Å². The molecule has 35 heavy (non-hydrogen) atoms. The summed E-state index contributed by atoms with van der Waals surface area (Å²) in [7, 11) is 0. The maximum atomic E-state index is 14.9. The highest BCUT2D eigenvalue weighted by Crippen LogP contribution is 2.32. The van der Waals surface area contributed by atoms with Gasteiger partial charge >= 0.3 is 0 Å². The van der Waals surface area contributed by atoms with Crippen molar-refractivity contribution < 1.29 is 14.0 Å². The molecule has 5 rings (SSSR count). The van der Waals surface area contributed by atoms with Crippen LogP contribution in [0.1, 0.15) is 58.5 Å². The normalized spacial score (nSPS) is 15.9. The van der Waals surface area contributed by atoms with E-state index in [2.05, 4.69) is 30.6 Å². The second-order valence-electron chi connectivity index (χ2n) is 8.44. The summed E-state index contributed by atoms with van der Waals surface area (Å²) in [6.45, 7) is 3.63. The van der Waals surface area contributed by atoms with E-state index in [9.17, 15) is 9.18 Å². The topological polar surface area (TPSA) is 105 Å². The number of oxime groups is 1. The second-order valence-corrected chi connectivity index (χ2v) is 8.44. The molecule has 0 saturated heterocycles. The Hall–Kier alpha value is -4.40. The highest BCUT2D eigenvalue weighted by Gasteiger charge is 2.26. The molecule has 1 aliphatic rings. The van der Waals surface area contributed by atoms with Gasteiger partial charge in [0.15, 0.2) is 6.10 Å². The van der Waals surface area contributed by atoms with Crippen LogP contribution < -0.4 is 5.32 Å². The molecule has 176 valence electrons. The minimum atomic E-state index is -0.395. The third-order valence-electron chi connectivity index (χ3n) is 5.84. The second kappa shape index (κ2) is 9.46. The molecule has 0 aliphatic carbocycles. The van der Waals surface area contributed by atoms with Crippen LogP contribution in [0.4, 0.5) is 4.39 Å². The molecule has 0 radical (unpaired) electrons. The van der Waals surface area contributed by atoms with E-state index in [4.69, 9.17) is 4.84 Å². The maximum absolute atomic E-state index is 14.9. The predicted molar refractivity (Wildman–Crippen MR) is 128 cm³/mol. The molecule has 2 unspecified atom stereocenters. The van der Waals surface area contributed by atoms with Crippen molar-refractivity contribution in [2.24, 2.45) is 5.16 Å². The molecule has 0 spiro atoms. The van der Waals surface area contributed by atoms with E-state index in [1.165, 1.54) is 12.4 Å². The number of aromatic amines is 1. The number of pyridine rings is 1. The van der Waals surface area contributed by atoms with Crippen molar-refractivity contribution in [2.45, 2.75) is 32.4 Å². The fraction of sp³-hybridized carbons (Fsp3) is 0.192. The molecule has 2 aromatic carbocycles. The molecule has 9 heteroatoms. The van der Waals surface area contributed by atoms with Crippen LogP contribution in [0, 0.1) is 12.7 Å². The highest BCUT2D eigenvalue weighted by molar-refractivity contribution is 6.05. The molecule has 0 saturated carbocycles. The molecule has 1 aliphatic heterocycles. The monoisotopic (exact) mass is 470 g/mol. The first-order valence-corrected chi connectivity index (χ1v) is 11.2. The quantitative estimate of drug-likeness (QED) is 0.426. The summed E-state index contributed by atoms with van der Waals surface area (Å²) in [5.74, 6) is -0.157. The molecule has 8 nitrogen and oxygen atoms in total. The van der Waals surface area contributed by atoms with Crippen LogP contribution in [0.25, 0.3) is 11.1 Å². The Labute approximate surface area is 201 Å². The molecule has 3 heterocycles. The third kappa shape index (κ3) is 4.79. The van der Waals surface area contributed by atoms with Gasteiger partial charge in [-0.05, 0) is 61.4 Å². The molecular formula is C26H23FN6O2. The lowest BCUT2D eigenvalue weighted by molar-refractivity contribution is 0.0826. The van der Waals surface area contributed by atoms with Crippen molar-refractivity contribution >= 4 is 11.6 Å². The summed E-state index contributed by atoms with van der Waals surface area (Å²) in [6, 6.07) is 15.5. The van der Waals surface area contributed by atoms with Gasteiger partial charge in [-0.15, -0.1) is 0 Å². The first-order chi connectivity index (χ1) is 17.0. The number of aryl methyl sites for hydroxylation is 1. The number of carbonyl (C=O) groups excluding carboxylic acids is 1. The number of rotatable bonds is 6. The number of H-pyrrole nitrogens is 1. The van der Waals surface area contributed by atoms with Gasteiger partial charge in [-0.25, -0.2) is 9.37 Å². The first kappa shape index (κ1) is 22.4. The number of amides is 1. The fourth-order valence-corrected chi connectivity index (χ4v) is 3.98. The van der Waals surface area contributed by atoms with Gasteiger partial charge in [0.1, 0.15) is 18.0 Å². The van der Waals surface area contributed by atoms with Gasteiger partial charge in [0.25, 0.3) is 5.91 Å². The Bertz CT molecular complexity index is 1390. The number of hydrogen-bond acceptors (Lipinski definition) is 6. The van der Waals surface area contributed by atoms with Crippen LogP contribution in [-0.4, -0.2) is 31.8 Å². The Morgan fingerprint density at radius 1 is 1.14 bits per heavy atom. The summed E-state index contributed by atoms with van der Waals surface area (Å²) < 4.78 is 14.9. The highest BCUT2D eigenvalue weighted by atomic mass is 19.1. The predicted octanol–water partition coefficient (Wildman–Crippen LogP) is 4.67. The number of aromatic nitrogens is 4. The number of benzene rings is 2. The molecule has 1 amide bonds. The zero-order chi connectivity index (χ0) is 24.4. The minimum absolute atomic E-state index is 0.324. The van der Waals surface area contributed by atoms with Crippen molar-refractivity contribution in [3.05, 3.63) is 101 Å². The Morgan fingerprint density at radius 3 is 2.74 bits per heavy atom. The number of nitrogens with zero attached hydrogens (tertiary/aromatic N) is 4. The van der Waals surface area contributed by atoms with E-state index >= 15 is 0 Å². The van der Waals surface area contributed by atoms with Crippen molar-refractivity contribution in [3.63, 3.8) is 0 Å². The number of halogens is 1. The van der Waals surface area contributed by atoms with Crippen LogP contribution in [0.15, 0.2) is 72.3 Å². The molecule has 0 fully saturated rings. The number of hydrogen-bond donors (Lipinski definition) is 2. The Morgan fingerprint density at radius 2 is 2.00 bits per heavy atom. The van der Waals surface area contributed by atoms with Crippen molar-refractivity contribution in [2.75, 3.05) is 0 Å². The summed E-state index contributed by atoms with van der Waals surface area (Å²) >= 11 is 0. The van der Waals surface area contributed by atoms with E-state index in [1.807, 2.05) is 37.3 Å². The van der Waals surface area contributed by atoms with E-state index < -0.39 is 6.04 Å². The third-order valence-corrected chi connectivity index (χ3v) is 5.84. The average molecular weight is 471 g/mol. The maximum Gasteiger partial charge on any atom is 0.251 e. The van der Waals surface area contributed by atoms with Crippen LogP contribution in [0.3, 0.4) is 0 Å². The zero-order valence-electron chi connectivity index (χ0n) is 19.2. The minimum Gasteiger partial charge on any atom is -0.385 e. The molecule has 2 aromatic heterocycles.